The zero-order chi connectivity index (χ0) is 17.0. The molecular formula is C17H23N3O3. The molecule has 0 saturated heterocycles. The minimum atomic E-state index is -0.375. The fourth-order valence-corrected chi connectivity index (χ4v) is 2.39. The van der Waals surface area contributed by atoms with Gasteiger partial charge in [-0.25, -0.2) is 0 Å². The predicted molar refractivity (Wildman–Crippen MR) is 91.7 cm³/mol. The summed E-state index contributed by atoms with van der Waals surface area (Å²) in [7, 11) is 1.61. The number of nitrogens with zero attached hydrogens (tertiary/aromatic N) is 1. The van der Waals surface area contributed by atoms with Crippen LogP contribution >= 0.6 is 0 Å². The standard InChI is InChI=1S/C17H23N3O3/c1-11(2)9-19-17(22)12-10-20(7-8-23-3)14-6-4-5-13(18)15(14)16(12)21/h4-6,10-11H,7-9,18H2,1-3H3,(H,19,22). The van der Waals surface area contributed by atoms with E-state index in [4.69, 9.17) is 10.5 Å². The van der Waals surface area contributed by atoms with Crippen LogP contribution in [-0.4, -0.2) is 30.7 Å². The molecule has 0 radical (unpaired) electrons. The second kappa shape index (κ2) is 7.28. The lowest BCUT2D eigenvalue weighted by molar-refractivity contribution is 0.0947. The number of anilines is 1. The molecule has 23 heavy (non-hydrogen) atoms. The van der Waals surface area contributed by atoms with Crippen molar-refractivity contribution in [3.8, 4) is 0 Å². The van der Waals surface area contributed by atoms with Crippen LogP contribution in [0.15, 0.2) is 29.2 Å². The van der Waals surface area contributed by atoms with Crippen LogP contribution in [0.25, 0.3) is 10.9 Å². The van der Waals surface area contributed by atoms with Gasteiger partial charge in [0.25, 0.3) is 5.91 Å². The van der Waals surface area contributed by atoms with E-state index in [1.54, 1.807) is 25.4 Å². The van der Waals surface area contributed by atoms with Crippen LogP contribution < -0.4 is 16.5 Å². The summed E-state index contributed by atoms with van der Waals surface area (Å²) in [5, 5.41) is 3.16. The lowest BCUT2D eigenvalue weighted by Crippen LogP contribution is -2.32. The van der Waals surface area contributed by atoms with Gasteiger partial charge in [0.05, 0.1) is 17.5 Å². The molecular weight excluding hydrogens is 294 g/mol. The molecule has 3 N–H and O–H groups in total. The molecule has 1 aromatic heterocycles. The Hall–Kier alpha value is -2.34. The number of carbonyl (C=O) groups is 1. The first-order valence-electron chi connectivity index (χ1n) is 7.64. The quantitative estimate of drug-likeness (QED) is 0.793. The number of rotatable bonds is 6. The number of hydrogen-bond acceptors (Lipinski definition) is 4. The number of fused-ring (bicyclic) bond motifs is 1. The highest BCUT2D eigenvalue weighted by Gasteiger charge is 2.17. The molecule has 2 rings (SSSR count). The Balaban J connectivity index is 2.56. The molecule has 0 bridgehead atoms. The molecule has 0 aliphatic rings. The number of nitrogens with two attached hydrogens (primary N) is 1. The number of hydrogen-bond donors (Lipinski definition) is 2. The molecule has 124 valence electrons. The Morgan fingerprint density at radius 2 is 2.13 bits per heavy atom. The Kier molecular flexibility index (Phi) is 5.39. The molecule has 6 heteroatoms. The molecule has 0 aliphatic heterocycles. The van der Waals surface area contributed by atoms with Crippen LogP contribution in [-0.2, 0) is 11.3 Å². The monoisotopic (exact) mass is 317 g/mol. The maximum Gasteiger partial charge on any atom is 0.256 e. The molecule has 0 aliphatic carbocycles. The molecule has 2 aromatic rings. The van der Waals surface area contributed by atoms with Crippen molar-refractivity contribution >= 4 is 22.5 Å². The lowest BCUT2D eigenvalue weighted by atomic mass is 10.1. The van der Waals surface area contributed by atoms with E-state index < -0.39 is 0 Å². The average molecular weight is 317 g/mol. The third kappa shape index (κ3) is 3.71. The van der Waals surface area contributed by atoms with Gasteiger partial charge in [-0.3, -0.25) is 9.59 Å². The summed E-state index contributed by atoms with van der Waals surface area (Å²) in [4.78, 5) is 25.0. The van der Waals surface area contributed by atoms with Crippen LogP contribution in [0, 0.1) is 5.92 Å². The first-order valence-corrected chi connectivity index (χ1v) is 7.64. The minimum absolute atomic E-state index is 0.104. The third-order valence-electron chi connectivity index (χ3n) is 3.59. The van der Waals surface area contributed by atoms with Gasteiger partial charge in [0, 0.05) is 32.1 Å². The summed E-state index contributed by atoms with van der Waals surface area (Å²) in [5.74, 6) is -0.0692. The fourth-order valence-electron chi connectivity index (χ4n) is 2.39. The minimum Gasteiger partial charge on any atom is -0.398 e. The molecule has 0 unspecified atom stereocenters. The van der Waals surface area contributed by atoms with Crippen molar-refractivity contribution in [3.05, 3.63) is 40.2 Å². The van der Waals surface area contributed by atoms with Gasteiger partial charge in [-0.05, 0) is 18.1 Å². The Labute approximate surface area is 135 Å². The third-order valence-corrected chi connectivity index (χ3v) is 3.59. The van der Waals surface area contributed by atoms with Crippen molar-refractivity contribution in [1.82, 2.24) is 9.88 Å². The van der Waals surface area contributed by atoms with Gasteiger partial charge in [-0.1, -0.05) is 19.9 Å². The smallest absolute Gasteiger partial charge is 0.256 e. The highest BCUT2D eigenvalue weighted by Crippen LogP contribution is 2.18. The average Bonchev–Trinajstić information content (AvgIpc) is 2.52. The summed E-state index contributed by atoms with van der Waals surface area (Å²) in [5.41, 5.74) is 6.81. The van der Waals surface area contributed by atoms with Crippen molar-refractivity contribution in [3.63, 3.8) is 0 Å². The van der Waals surface area contributed by atoms with E-state index in [-0.39, 0.29) is 16.9 Å². The highest BCUT2D eigenvalue weighted by molar-refractivity contribution is 6.00. The van der Waals surface area contributed by atoms with Crippen LogP contribution in [0.1, 0.15) is 24.2 Å². The number of pyridine rings is 1. The molecule has 1 amide bonds. The number of nitrogen functional groups attached to an aromatic ring is 1. The van der Waals surface area contributed by atoms with E-state index in [0.717, 1.165) is 0 Å². The van der Waals surface area contributed by atoms with Crippen LogP contribution in [0.3, 0.4) is 0 Å². The fraction of sp³-hybridized carbons (Fsp3) is 0.412. The van der Waals surface area contributed by atoms with E-state index in [0.29, 0.717) is 42.2 Å². The summed E-state index contributed by atoms with van der Waals surface area (Å²) < 4.78 is 6.94. The zero-order valence-electron chi connectivity index (χ0n) is 13.8. The number of methoxy groups -OCH3 is 1. The van der Waals surface area contributed by atoms with Crippen molar-refractivity contribution in [1.29, 1.82) is 0 Å². The van der Waals surface area contributed by atoms with Gasteiger partial charge in [-0.2, -0.15) is 0 Å². The van der Waals surface area contributed by atoms with Gasteiger partial charge in [0.1, 0.15) is 5.56 Å². The van der Waals surface area contributed by atoms with E-state index in [1.807, 2.05) is 24.5 Å². The van der Waals surface area contributed by atoms with Crippen molar-refractivity contribution in [2.45, 2.75) is 20.4 Å². The van der Waals surface area contributed by atoms with E-state index >= 15 is 0 Å². The molecule has 1 heterocycles. The van der Waals surface area contributed by atoms with E-state index in [1.165, 1.54) is 0 Å². The van der Waals surface area contributed by atoms with E-state index in [9.17, 15) is 9.59 Å². The van der Waals surface area contributed by atoms with Gasteiger partial charge >= 0.3 is 0 Å². The number of ether oxygens (including phenoxy) is 1. The second-order valence-corrected chi connectivity index (χ2v) is 5.90. The first kappa shape index (κ1) is 17.0. The number of benzene rings is 1. The predicted octanol–water partition coefficient (Wildman–Crippen LogP) is 1.62. The van der Waals surface area contributed by atoms with Crippen LogP contribution in [0.4, 0.5) is 5.69 Å². The van der Waals surface area contributed by atoms with Gasteiger partial charge in [-0.15, -0.1) is 0 Å². The number of aromatic nitrogens is 1. The van der Waals surface area contributed by atoms with Gasteiger partial charge < -0.3 is 20.4 Å². The van der Waals surface area contributed by atoms with Gasteiger partial charge in [0.2, 0.25) is 5.43 Å². The number of amides is 1. The normalized spacial score (nSPS) is 11.1. The molecule has 0 saturated carbocycles. The lowest BCUT2D eigenvalue weighted by Gasteiger charge is -2.14. The molecule has 0 fully saturated rings. The Bertz CT molecular complexity index is 766. The summed E-state index contributed by atoms with van der Waals surface area (Å²) >= 11 is 0. The highest BCUT2D eigenvalue weighted by atomic mass is 16.5. The SMILES string of the molecule is COCCn1cc(C(=O)NCC(C)C)c(=O)c2c(N)cccc21. The molecule has 0 spiro atoms. The van der Waals surface area contributed by atoms with Crippen molar-refractivity contribution in [2.75, 3.05) is 26.0 Å². The number of nitrogens with one attached hydrogen (secondary N) is 1. The van der Waals surface area contributed by atoms with Crippen molar-refractivity contribution < 1.29 is 9.53 Å². The Morgan fingerprint density at radius 1 is 1.39 bits per heavy atom. The molecule has 1 aromatic carbocycles. The molecule has 6 nitrogen and oxygen atoms in total. The number of carbonyl (C=O) groups excluding carboxylic acids is 1. The van der Waals surface area contributed by atoms with E-state index in [2.05, 4.69) is 5.32 Å². The maximum absolute atomic E-state index is 12.7. The summed E-state index contributed by atoms with van der Waals surface area (Å²) in [6, 6.07) is 5.28. The van der Waals surface area contributed by atoms with Crippen LogP contribution in [0.5, 0.6) is 0 Å². The Morgan fingerprint density at radius 3 is 2.78 bits per heavy atom. The summed E-state index contributed by atoms with van der Waals surface area (Å²) in [6.45, 7) is 5.50. The first-order chi connectivity index (χ1) is 11.0. The van der Waals surface area contributed by atoms with Crippen LogP contribution in [0.2, 0.25) is 0 Å². The summed E-state index contributed by atoms with van der Waals surface area (Å²) in [6.07, 6.45) is 1.58. The maximum atomic E-state index is 12.7. The molecule has 0 atom stereocenters. The zero-order valence-corrected chi connectivity index (χ0v) is 13.8. The second-order valence-electron chi connectivity index (χ2n) is 5.90. The van der Waals surface area contributed by atoms with Gasteiger partial charge in [0.15, 0.2) is 0 Å². The van der Waals surface area contributed by atoms with Crippen molar-refractivity contribution in [2.24, 2.45) is 5.92 Å². The largest absolute Gasteiger partial charge is 0.398 e. The topological polar surface area (TPSA) is 86.3 Å².